The van der Waals surface area contributed by atoms with E-state index >= 15 is 0 Å². The van der Waals surface area contributed by atoms with Gasteiger partial charge in [0, 0.05) is 16.3 Å². The zero-order chi connectivity index (χ0) is 21.8. The molecule has 156 valence electrons. The molecule has 0 saturated carbocycles. The lowest BCUT2D eigenvalue weighted by molar-refractivity contribution is -0.113. The molecule has 2 N–H and O–H groups in total. The largest absolute Gasteiger partial charge is 0.325 e. The van der Waals surface area contributed by atoms with Gasteiger partial charge >= 0.3 is 0 Å². The second-order valence-electron chi connectivity index (χ2n) is 6.69. The Bertz CT molecular complexity index is 1280. The predicted molar refractivity (Wildman–Crippen MR) is 127 cm³/mol. The van der Waals surface area contributed by atoms with Gasteiger partial charge in [-0.3, -0.25) is 14.9 Å². The maximum Gasteiger partial charge on any atom is 0.257 e. The molecule has 0 unspecified atom stereocenters. The molecule has 1 aromatic heterocycles. The highest BCUT2D eigenvalue weighted by atomic mass is 35.5. The van der Waals surface area contributed by atoms with Crippen LogP contribution < -0.4 is 10.6 Å². The first-order valence-electron chi connectivity index (χ1n) is 9.30. The molecule has 0 aliphatic heterocycles. The molecule has 6 nitrogen and oxygen atoms in total. The second-order valence-corrected chi connectivity index (χ2v) is 9.30. The Balaban J connectivity index is 1.32. The second kappa shape index (κ2) is 9.47. The van der Waals surface area contributed by atoms with Crippen molar-refractivity contribution in [1.82, 2.24) is 10.2 Å². The number of thioether (sulfide) groups is 1. The van der Waals surface area contributed by atoms with E-state index in [1.807, 2.05) is 49.4 Å². The smallest absolute Gasteiger partial charge is 0.257 e. The summed E-state index contributed by atoms with van der Waals surface area (Å²) in [4.78, 5) is 24.7. The quantitative estimate of drug-likeness (QED) is 0.283. The number of carbonyl (C=O) groups excluding carboxylic acids is 2. The maximum atomic E-state index is 12.5. The number of aromatic nitrogens is 2. The van der Waals surface area contributed by atoms with Gasteiger partial charge in [-0.2, -0.15) is 0 Å². The van der Waals surface area contributed by atoms with Crippen molar-refractivity contribution in [2.75, 3.05) is 16.4 Å². The highest BCUT2D eigenvalue weighted by molar-refractivity contribution is 8.01. The lowest BCUT2D eigenvalue weighted by atomic mass is 10.1. The van der Waals surface area contributed by atoms with Gasteiger partial charge in [-0.15, -0.1) is 10.2 Å². The summed E-state index contributed by atoms with van der Waals surface area (Å²) in [6.07, 6.45) is 0. The molecule has 31 heavy (non-hydrogen) atoms. The van der Waals surface area contributed by atoms with Crippen LogP contribution in [0.2, 0.25) is 5.02 Å². The first kappa shape index (κ1) is 21.3. The van der Waals surface area contributed by atoms with Crippen molar-refractivity contribution in [3.8, 4) is 0 Å². The van der Waals surface area contributed by atoms with Gasteiger partial charge in [0.05, 0.1) is 5.75 Å². The molecular formula is C22H17ClN4O2S2. The molecule has 0 atom stereocenters. The molecule has 4 aromatic rings. The average molecular weight is 469 g/mol. The van der Waals surface area contributed by atoms with Crippen molar-refractivity contribution in [2.45, 2.75) is 11.3 Å². The van der Waals surface area contributed by atoms with Crippen LogP contribution in [0, 0.1) is 6.92 Å². The SMILES string of the molecule is Cc1ccc(NC(=O)CSc2nnc(NC(=O)c3ccc4ccccc4c3)s2)cc1Cl. The molecule has 3 aromatic carbocycles. The molecule has 0 aliphatic carbocycles. The van der Waals surface area contributed by atoms with Gasteiger partial charge in [-0.25, -0.2) is 0 Å². The molecule has 0 radical (unpaired) electrons. The summed E-state index contributed by atoms with van der Waals surface area (Å²) >= 11 is 8.55. The van der Waals surface area contributed by atoms with E-state index in [1.165, 1.54) is 23.1 Å². The van der Waals surface area contributed by atoms with E-state index < -0.39 is 0 Å². The Kier molecular flexibility index (Phi) is 6.50. The third-order valence-corrected chi connectivity index (χ3v) is 6.80. The van der Waals surface area contributed by atoms with Crippen molar-refractivity contribution in [3.63, 3.8) is 0 Å². The summed E-state index contributed by atoms with van der Waals surface area (Å²) < 4.78 is 0.589. The molecule has 2 amide bonds. The predicted octanol–water partition coefficient (Wildman–Crippen LogP) is 5.64. The molecule has 1 heterocycles. The van der Waals surface area contributed by atoms with Crippen molar-refractivity contribution >= 4 is 68.1 Å². The third-order valence-electron chi connectivity index (χ3n) is 4.42. The molecule has 0 saturated heterocycles. The summed E-state index contributed by atoms with van der Waals surface area (Å²) in [5.74, 6) is -0.270. The van der Waals surface area contributed by atoms with E-state index in [0.29, 0.717) is 25.7 Å². The lowest BCUT2D eigenvalue weighted by Gasteiger charge is -2.06. The maximum absolute atomic E-state index is 12.5. The van der Waals surface area contributed by atoms with Crippen molar-refractivity contribution in [1.29, 1.82) is 0 Å². The van der Waals surface area contributed by atoms with Crippen LogP contribution >= 0.6 is 34.7 Å². The molecule has 9 heteroatoms. The number of amides is 2. The lowest BCUT2D eigenvalue weighted by Crippen LogP contribution is -2.13. The Morgan fingerprint density at radius 3 is 2.61 bits per heavy atom. The highest BCUT2D eigenvalue weighted by Crippen LogP contribution is 2.27. The summed E-state index contributed by atoms with van der Waals surface area (Å²) in [6.45, 7) is 1.90. The van der Waals surface area contributed by atoms with E-state index in [9.17, 15) is 9.59 Å². The first-order valence-corrected chi connectivity index (χ1v) is 11.5. The Labute approximate surface area is 192 Å². The van der Waals surface area contributed by atoms with E-state index in [4.69, 9.17) is 11.6 Å². The van der Waals surface area contributed by atoms with Crippen LogP contribution in [0.15, 0.2) is 65.0 Å². The normalized spacial score (nSPS) is 10.8. The number of hydrogen-bond acceptors (Lipinski definition) is 6. The van der Waals surface area contributed by atoms with Crippen LogP contribution in [0.25, 0.3) is 10.8 Å². The fourth-order valence-electron chi connectivity index (χ4n) is 2.81. The number of nitrogens with zero attached hydrogens (tertiary/aromatic N) is 2. The third kappa shape index (κ3) is 5.41. The van der Waals surface area contributed by atoms with Gasteiger partial charge in [-0.05, 0) is 47.5 Å². The van der Waals surface area contributed by atoms with Crippen molar-refractivity contribution in [3.05, 3.63) is 76.8 Å². The molecule has 0 fully saturated rings. The minimum atomic E-state index is -0.257. The molecule has 0 spiro atoms. The Morgan fingerprint density at radius 2 is 1.81 bits per heavy atom. The van der Waals surface area contributed by atoms with Gasteiger partial charge in [0.2, 0.25) is 11.0 Å². The topological polar surface area (TPSA) is 84.0 Å². The van der Waals surface area contributed by atoms with Crippen LogP contribution in [-0.2, 0) is 4.79 Å². The average Bonchev–Trinajstić information content (AvgIpc) is 3.22. The number of carbonyl (C=O) groups is 2. The van der Waals surface area contributed by atoms with E-state index in [1.54, 1.807) is 18.2 Å². The summed E-state index contributed by atoms with van der Waals surface area (Å²) in [5, 5.41) is 16.6. The number of rotatable bonds is 6. The van der Waals surface area contributed by atoms with Crippen molar-refractivity contribution in [2.24, 2.45) is 0 Å². The number of benzene rings is 3. The fraction of sp³-hybridized carbons (Fsp3) is 0.0909. The molecule has 0 aliphatic rings. The summed E-state index contributed by atoms with van der Waals surface area (Å²) in [6, 6.07) is 18.7. The number of halogens is 1. The number of fused-ring (bicyclic) bond motifs is 1. The molecule has 4 rings (SSSR count). The first-order chi connectivity index (χ1) is 15.0. The van der Waals surface area contributed by atoms with Crippen LogP contribution in [0.5, 0.6) is 0 Å². The van der Waals surface area contributed by atoms with Crippen LogP contribution in [0.4, 0.5) is 10.8 Å². The van der Waals surface area contributed by atoms with Gasteiger partial charge in [0.1, 0.15) is 0 Å². The number of hydrogen-bond donors (Lipinski definition) is 2. The van der Waals surface area contributed by atoms with Crippen molar-refractivity contribution < 1.29 is 9.59 Å². The summed E-state index contributed by atoms with van der Waals surface area (Å²) in [7, 11) is 0. The van der Waals surface area contributed by atoms with Gasteiger partial charge in [-0.1, -0.05) is 71.1 Å². The van der Waals surface area contributed by atoms with Gasteiger partial charge < -0.3 is 5.32 Å². The summed E-state index contributed by atoms with van der Waals surface area (Å²) in [5.41, 5.74) is 2.13. The number of anilines is 2. The van der Waals surface area contributed by atoms with Gasteiger partial charge in [0.25, 0.3) is 5.91 Å². The van der Waals surface area contributed by atoms with Crippen LogP contribution in [0.1, 0.15) is 15.9 Å². The van der Waals surface area contributed by atoms with Gasteiger partial charge in [0.15, 0.2) is 4.34 Å². The van der Waals surface area contributed by atoms with E-state index in [-0.39, 0.29) is 17.6 Å². The monoisotopic (exact) mass is 468 g/mol. The van der Waals surface area contributed by atoms with Crippen LogP contribution in [0.3, 0.4) is 0 Å². The minimum absolute atomic E-state index is 0.165. The van der Waals surface area contributed by atoms with Crippen LogP contribution in [-0.4, -0.2) is 27.8 Å². The van der Waals surface area contributed by atoms with E-state index in [2.05, 4.69) is 20.8 Å². The fourth-order valence-corrected chi connectivity index (χ4v) is 4.54. The zero-order valence-electron chi connectivity index (χ0n) is 16.4. The Hall–Kier alpha value is -2.94. The highest BCUT2D eigenvalue weighted by Gasteiger charge is 2.13. The standard InChI is InChI=1S/C22H17ClN4O2S2/c1-13-6-9-17(11-18(13)23)24-19(28)12-30-22-27-26-21(31-22)25-20(29)16-8-7-14-4-2-3-5-15(14)10-16/h2-11H,12H2,1H3,(H,24,28)(H,25,26,29). The molecule has 0 bridgehead atoms. The molecular weight excluding hydrogens is 452 g/mol. The number of aryl methyl sites for hydroxylation is 1. The number of nitrogens with one attached hydrogen (secondary N) is 2. The van der Waals surface area contributed by atoms with E-state index in [0.717, 1.165) is 16.3 Å². The zero-order valence-corrected chi connectivity index (χ0v) is 18.8. The Morgan fingerprint density at radius 1 is 1.00 bits per heavy atom. The minimum Gasteiger partial charge on any atom is -0.325 e.